The number of nitrogens with two attached hydrogens (primary N) is 1. The normalized spacial score (nSPS) is 12.4. The third-order valence-corrected chi connectivity index (χ3v) is 4.42. The van der Waals surface area contributed by atoms with Crippen molar-refractivity contribution in [1.82, 2.24) is 0 Å². The number of thiophene rings is 1. The summed E-state index contributed by atoms with van der Waals surface area (Å²) in [4.78, 5) is 3.62. The Bertz CT molecular complexity index is 566. The van der Waals surface area contributed by atoms with Gasteiger partial charge in [-0.05, 0) is 44.4 Å². The summed E-state index contributed by atoms with van der Waals surface area (Å²) in [6, 6.07) is 10.6. The highest BCUT2D eigenvalue weighted by Crippen LogP contribution is 2.33. The molecule has 1 atom stereocenters. The number of benzene rings is 1. The van der Waals surface area contributed by atoms with Gasteiger partial charge in [-0.25, -0.2) is 0 Å². The minimum atomic E-state index is 0.122. The Morgan fingerprint density at radius 2 is 1.95 bits per heavy atom. The van der Waals surface area contributed by atoms with Crippen LogP contribution >= 0.6 is 11.3 Å². The van der Waals surface area contributed by atoms with Crippen LogP contribution in [0.3, 0.4) is 0 Å². The average Bonchev–Trinajstić information content (AvgIpc) is 2.92. The standard InChI is InChI=1S/C17H24N2OS/c1-12(2)20-16-9-5-8-15(17(16)18)19(4)13(3)11-14-7-6-10-21-14/h5-10,12-13H,11,18H2,1-4H3. The maximum Gasteiger partial charge on any atom is 0.144 e. The van der Waals surface area contributed by atoms with E-state index in [-0.39, 0.29) is 6.10 Å². The van der Waals surface area contributed by atoms with Gasteiger partial charge < -0.3 is 15.4 Å². The Kier molecular flexibility index (Phi) is 5.12. The Hall–Kier alpha value is -1.68. The number of hydrogen-bond donors (Lipinski definition) is 1. The molecule has 114 valence electrons. The largest absolute Gasteiger partial charge is 0.489 e. The second kappa shape index (κ2) is 6.85. The minimum absolute atomic E-state index is 0.122. The first-order valence-electron chi connectivity index (χ1n) is 7.29. The van der Waals surface area contributed by atoms with Crippen LogP contribution in [-0.4, -0.2) is 19.2 Å². The maximum absolute atomic E-state index is 6.28. The van der Waals surface area contributed by atoms with Gasteiger partial charge in [0, 0.05) is 24.4 Å². The second-order valence-corrected chi connectivity index (χ2v) is 6.63. The summed E-state index contributed by atoms with van der Waals surface area (Å²) in [5, 5.41) is 2.12. The molecule has 0 amide bonds. The van der Waals surface area contributed by atoms with Crippen LogP contribution in [0.25, 0.3) is 0 Å². The highest BCUT2D eigenvalue weighted by Gasteiger charge is 2.16. The van der Waals surface area contributed by atoms with Crippen LogP contribution in [0.2, 0.25) is 0 Å². The van der Waals surface area contributed by atoms with Crippen molar-refractivity contribution >= 4 is 22.7 Å². The van der Waals surface area contributed by atoms with E-state index >= 15 is 0 Å². The quantitative estimate of drug-likeness (QED) is 0.813. The van der Waals surface area contributed by atoms with Gasteiger partial charge in [0.25, 0.3) is 0 Å². The molecule has 1 unspecified atom stereocenters. The van der Waals surface area contributed by atoms with Gasteiger partial charge in [-0.1, -0.05) is 12.1 Å². The molecule has 0 aliphatic rings. The summed E-state index contributed by atoms with van der Waals surface area (Å²) >= 11 is 1.80. The zero-order chi connectivity index (χ0) is 15.4. The van der Waals surface area contributed by atoms with Crippen molar-refractivity contribution in [1.29, 1.82) is 0 Å². The van der Waals surface area contributed by atoms with E-state index < -0.39 is 0 Å². The lowest BCUT2D eigenvalue weighted by Gasteiger charge is -2.29. The van der Waals surface area contributed by atoms with E-state index in [2.05, 4.69) is 36.4 Å². The van der Waals surface area contributed by atoms with E-state index in [1.165, 1.54) is 4.88 Å². The number of nitrogen functional groups attached to an aromatic ring is 1. The lowest BCUT2D eigenvalue weighted by Crippen LogP contribution is -2.31. The van der Waals surface area contributed by atoms with E-state index in [0.717, 1.165) is 17.9 Å². The summed E-state index contributed by atoms with van der Waals surface area (Å²) in [7, 11) is 2.09. The fraction of sp³-hybridized carbons (Fsp3) is 0.412. The molecule has 0 spiro atoms. The summed E-state index contributed by atoms with van der Waals surface area (Å²) in [5.41, 5.74) is 8.02. The molecule has 0 aliphatic carbocycles. The van der Waals surface area contributed by atoms with E-state index in [0.29, 0.717) is 11.7 Å². The SMILES string of the molecule is CC(C)Oc1cccc(N(C)C(C)Cc2cccs2)c1N. The average molecular weight is 304 g/mol. The smallest absolute Gasteiger partial charge is 0.144 e. The summed E-state index contributed by atoms with van der Waals surface area (Å²) in [5.74, 6) is 0.762. The molecular weight excluding hydrogens is 280 g/mol. The molecule has 2 rings (SSSR count). The molecule has 2 aromatic rings. The van der Waals surface area contributed by atoms with Crippen molar-refractivity contribution in [2.45, 2.75) is 39.3 Å². The highest BCUT2D eigenvalue weighted by atomic mass is 32.1. The molecular formula is C17H24N2OS. The fourth-order valence-corrected chi connectivity index (χ4v) is 3.12. The number of rotatable bonds is 6. The highest BCUT2D eigenvalue weighted by molar-refractivity contribution is 7.09. The Labute approximate surface area is 131 Å². The summed E-state index contributed by atoms with van der Waals surface area (Å²) < 4.78 is 5.77. The molecule has 21 heavy (non-hydrogen) atoms. The van der Waals surface area contributed by atoms with Gasteiger partial charge in [-0.3, -0.25) is 0 Å². The van der Waals surface area contributed by atoms with Crippen LogP contribution in [0.5, 0.6) is 5.75 Å². The van der Waals surface area contributed by atoms with E-state index in [1.807, 2.05) is 32.0 Å². The molecule has 0 saturated heterocycles. The molecule has 1 heterocycles. The van der Waals surface area contributed by atoms with Crippen LogP contribution in [0, 0.1) is 0 Å². The molecule has 0 saturated carbocycles. The van der Waals surface area contributed by atoms with E-state index in [1.54, 1.807) is 11.3 Å². The lowest BCUT2D eigenvalue weighted by molar-refractivity contribution is 0.244. The first kappa shape index (κ1) is 15.7. The Balaban J connectivity index is 2.16. The number of likely N-dealkylation sites (N-methyl/N-ethyl adjacent to an activating group) is 1. The molecule has 0 radical (unpaired) electrons. The lowest BCUT2D eigenvalue weighted by atomic mass is 10.1. The molecule has 0 aliphatic heterocycles. The minimum Gasteiger partial charge on any atom is -0.489 e. The topological polar surface area (TPSA) is 38.5 Å². The predicted molar refractivity (Wildman–Crippen MR) is 92.5 cm³/mol. The monoisotopic (exact) mass is 304 g/mol. The maximum atomic E-state index is 6.28. The molecule has 4 heteroatoms. The van der Waals surface area contributed by atoms with Gasteiger partial charge in [0.2, 0.25) is 0 Å². The van der Waals surface area contributed by atoms with Gasteiger partial charge in [-0.2, -0.15) is 0 Å². The third-order valence-electron chi connectivity index (χ3n) is 3.52. The van der Waals surface area contributed by atoms with E-state index in [4.69, 9.17) is 10.5 Å². The van der Waals surface area contributed by atoms with Crippen LogP contribution in [0.1, 0.15) is 25.6 Å². The molecule has 3 nitrogen and oxygen atoms in total. The third kappa shape index (κ3) is 3.91. The second-order valence-electron chi connectivity index (χ2n) is 5.60. The zero-order valence-corrected chi connectivity index (χ0v) is 14.0. The Morgan fingerprint density at radius 1 is 1.19 bits per heavy atom. The predicted octanol–water partition coefficient (Wildman–Crippen LogP) is 4.18. The van der Waals surface area contributed by atoms with Crippen LogP contribution < -0.4 is 15.4 Å². The Morgan fingerprint density at radius 3 is 2.57 bits per heavy atom. The molecule has 1 aromatic carbocycles. The number of nitrogens with zero attached hydrogens (tertiary/aromatic N) is 1. The van der Waals surface area contributed by atoms with Crippen LogP contribution in [0.4, 0.5) is 11.4 Å². The first-order chi connectivity index (χ1) is 9.99. The number of ether oxygens (including phenoxy) is 1. The van der Waals surface area contributed by atoms with Crippen molar-refractivity contribution in [3.8, 4) is 5.75 Å². The first-order valence-corrected chi connectivity index (χ1v) is 8.17. The van der Waals surface area contributed by atoms with Gasteiger partial charge in [0.05, 0.1) is 17.5 Å². The molecule has 0 fully saturated rings. The van der Waals surface area contributed by atoms with Gasteiger partial charge in [0.1, 0.15) is 5.75 Å². The molecule has 0 bridgehead atoms. The van der Waals surface area contributed by atoms with Gasteiger partial charge >= 0.3 is 0 Å². The van der Waals surface area contributed by atoms with Crippen LogP contribution in [-0.2, 0) is 6.42 Å². The van der Waals surface area contributed by atoms with Gasteiger partial charge in [-0.15, -0.1) is 11.3 Å². The van der Waals surface area contributed by atoms with Crippen molar-refractivity contribution in [2.24, 2.45) is 0 Å². The summed E-state index contributed by atoms with van der Waals surface area (Å²) in [6.07, 6.45) is 1.14. The number of hydrogen-bond acceptors (Lipinski definition) is 4. The van der Waals surface area contributed by atoms with Gasteiger partial charge in [0.15, 0.2) is 0 Å². The number of anilines is 2. The van der Waals surface area contributed by atoms with Crippen molar-refractivity contribution < 1.29 is 4.74 Å². The van der Waals surface area contributed by atoms with Crippen LogP contribution in [0.15, 0.2) is 35.7 Å². The van der Waals surface area contributed by atoms with Crippen molar-refractivity contribution in [3.63, 3.8) is 0 Å². The van der Waals surface area contributed by atoms with Crippen molar-refractivity contribution in [3.05, 3.63) is 40.6 Å². The summed E-state index contributed by atoms with van der Waals surface area (Å²) in [6.45, 7) is 6.24. The number of para-hydroxylation sites is 1. The zero-order valence-electron chi connectivity index (χ0n) is 13.2. The molecule has 1 aromatic heterocycles. The molecule has 2 N–H and O–H groups in total. The fourth-order valence-electron chi connectivity index (χ4n) is 2.29. The van der Waals surface area contributed by atoms with Crippen molar-refractivity contribution in [2.75, 3.05) is 17.7 Å². The van der Waals surface area contributed by atoms with E-state index in [9.17, 15) is 0 Å².